The van der Waals surface area contributed by atoms with E-state index >= 15 is 0 Å². The first-order valence-corrected chi connectivity index (χ1v) is 5.79. The second kappa shape index (κ2) is 4.90. The van der Waals surface area contributed by atoms with E-state index < -0.39 is 36.8 Å². The molecule has 100 valence electrons. The number of rotatable bonds is 2. The average molecular weight is 274 g/mol. The minimum absolute atomic E-state index is 0.350. The Morgan fingerprint density at radius 2 is 2.11 bits per heavy atom. The van der Waals surface area contributed by atoms with Crippen molar-refractivity contribution in [3.8, 4) is 0 Å². The molecule has 4 atom stereocenters. The lowest BCUT2D eigenvalue weighted by Crippen LogP contribution is -2.37. The molecule has 1 aromatic heterocycles. The summed E-state index contributed by atoms with van der Waals surface area (Å²) < 4.78 is 7.98. The Balaban J connectivity index is 2.42. The van der Waals surface area contributed by atoms with Gasteiger partial charge in [-0.25, -0.2) is 4.79 Å². The largest absolute Gasteiger partial charge is 0.394 e. The molecule has 0 unspecified atom stereocenters. The van der Waals surface area contributed by atoms with Crippen LogP contribution in [0.4, 0.5) is 0 Å². The maximum Gasteiger partial charge on any atom is 0.331 e. The summed E-state index contributed by atoms with van der Waals surface area (Å²) >= 11 is 4.93. The highest BCUT2D eigenvalue weighted by Crippen LogP contribution is 2.27. The number of aliphatic hydroxyl groups excluding tert-OH is 3. The summed E-state index contributed by atoms with van der Waals surface area (Å²) in [4.78, 5) is 11.9. The van der Waals surface area contributed by atoms with E-state index in [0.717, 1.165) is 4.57 Å². The minimum atomic E-state index is -1.28. The van der Waals surface area contributed by atoms with Gasteiger partial charge in [0.15, 0.2) is 6.23 Å². The molecule has 1 fully saturated rings. The van der Waals surface area contributed by atoms with Crippen LogP contribution in [-0.4, -0.2) is 49.4 Å². The standard InChI is InChI=1S/C10H14N2O5S/c1-11-6(18)2-3-12(10(11)16)9-8(15)7(14)5(4-13)17-9/h2-3,5,7-9,13-15H,4H2,1H3/t5-,7-,8-,9-/m1/s1. The predicted octanol–water partition coefficient (Wildman–Crippen LogP) is -1.47. The molecule has 2 heterocycles. The van der Waals surface area contributed by atoms with Gasteiger partial charge in [-0.1, -0.05) is 12.2 Å². The van der Waals surface area contributed by atoms with Crippen LogP contribution in [0.2, 0.25) is 0 Å². The van der Waals surface area contributed by atoms with E-state index in [1.54, 1.807) is 0 Å². The first-order chi connectivity index (χ1) is 8.47. The van der Waals surface area contributed by atoms with Gasteiger partial charge >= 0.3 is 5.69 Å². The summed E-state index contributed by atoms with van der Waals surface area (Å²) in [6.45, 7) is -0.436. The molecular formula is C10H14N2O5S. The number of ether oxygens (including phenoxy) is 1. The van der Waals surface area contributed by atoms with Crippen LogP contribution in [0.3, 0.4) is 0 Å². The first-order valence-electron chi connectivity index (χ1n) is 5.38. The van der Waals surface area contributed by atoms with Gasteiger partial charge in [-0.2, -0.15) is 0 Å². The summed E-state index contributed by atoms with van der Waals surface area (Å²) in [7, 11) is 1.50. The Morgan fingerprint density at radius 3 is 2.67 bits per heavy atom. The van der Waals surface area contributed by atoms with Crippen molar-refractivity contribution in [1.82, 2.24) is 9.13 Å². The Morgan fingerprint density at radius 1 is 1.44 bits per heavy atom. The monoisotopic (exact) mass is 274 g/mol. The molecule has 7 nitrogen and oxygen atoms in total. The SMILES string of the molecule is Cn1c(=S)ccn([C@@H]2O[C@H](CO)[C@@H](O)[C@H]2O)c1=O. The van der Waals surface area contributed by atoms with Crippen molar-refractivity contribution in [2.75, 3.05) is 6.61 Å². The number of aliphatic hydroxyl groups is 3. The van der Waals surface area contributed by atoms with Crippen molar-refractivity contribution in [3.05, 3.63) is 27.4 Å². The molecule has 18 heavy (non-hydrogen) atoms. The highest BCUT2D eigenvalue weighted by atomic mass is 32.1. The van der Waals surface area contributed by atoms with Crippen molar-refractivity contribution in [2.24, 2.45) is 7.05 Å². The molecule has 0 spiro atoms. The van der Waals surface area contributed by atoms with Gasteiger partial charge in [0.05, 0.1) is 6.61 Å². The molecule has 1 aliphatic rings. The van der Waals surface area contributed by atoms with Crippen LogP contribution >= 0.6 is 12.2 Å². The van der Waals surface area contributed by atoms with Crippen LogP contribution in [0.5, 0.6) is 0 Å². The highest BCUT2D eigenvalue weighted by molar-refractivity contribution is 7.71. The smallest absolute Gasteiger partial charge is 0.331 e. The molecule has 0 aliphatic carbocycles. The van der Waals surface area contributed by atoms with Crippen LogP contribution < -0.4 is 5.69 Å². The molecule has 0 saturated carbocycles. The van der Waals surface area contributed by atoms with Gasteiger partial charge < -0.3 is 20.1 Å². The second-order valence-corrected chi connectivity index (χ2v) is 4.55. The quantitative estimate of drug-likeness (QED) is 0.570. The number of hydrogen-bond donors (Lipinski definition) is 3. The van der Waals surface area contributed by atoms with Gasteiger partial charge in [0.2, 0.25) is 0 Å². The maximum absolute atomic E-state index is 11.9. The fourth-order valence-electron chi connectivity index (χ4n) is 1.89. The fraction of sp³-hybridized carbons (Fsp3) is 0.600. The summed E-state index contributed by atoms with van der Waals surface area (Å²) in [5.41, 5.74) is -0.461. The lowest BCUT2D eigenvalue weighted by molar-refractivity contribution is -0.0554. The van der Waals surface area contributed by atoms with Crippen molar-refractivity contribution in [2.45, 2.75) is 24.5 Å². The third kappa shape index (κ3) is 2.02. The number of hydrogen-bond acceptors (Lipinski definition) is 6. The van der Waals surface area contributed by atoms with E-state index in [1.165, 1.54) is 23.9 Å². The second-order valence-electron chi connectivity index (χ2n) is 4.13. The Hall–Kier alpha value is -1.06. The lowest BCUT2D eigenvalue weighted by Gasteiger charge is -2.18. The van der Waals surface area contributed by atoms with Crippen molar-refractivity contribution in [3.63, 3.8) is 0 Å². The lowest BCUT2D eigenvalue weighted by atomic mass is 10.1. The molecule has 0 aromatic carbocycles. The van der Waals surface area contributed by atoms with Gasteiger partial charge in [-0.3, -0.25) is 9.13 Å². The van der Waals surface area contributed by atoms with E-state index in [2.05, 4.69) is 0 Å². The summed E-state index contributed by atoms with van der Waals surface area (Å²) in [5.74, 6) is 0. The van der Waals surface area contributed by atoms with E-state index in [0.29, 0.717) is 4.64 Å². The van der Waals surface area contributed by atoms with Gasteiger partial charge in [0.25, 0.3) is 0 Å². The number of nitrogens with zero attached hydrogens (tertiary/aromatic N) is 2. The number of aromatic nitrogens is 2. The van der Waals surface area contributed by atoms with Crippen LogP contribution in [0.25, 0.3) is 0 Å². The molecule has 3 N–H and O–H groups in total. The van der Waals surface area contributed by atoms with Crippen LogP contribution in [-0.2, 0) is 11.8 Å². The minimum Gasteiger partial charge on any atom is -0.394 e. The van der Waals surface area contributed by atoms with Crippen LogP contribution in [0, 0.1) is 4.64 Å². The molecule has 0 radical (unpaired) electrons. The van der Waals surface area contributed by atoms with Gasteiger partial charge in [0.1, 0.15) is 23.0 Å². The third-order valence-corrected chi connectivity index (χ3v) is 3.42. The third-order valence-electron chi connectivity index (χ3n) is 3.01. The van der Waals surface area contributed by atoms with E-state index in [1.807, 2.05) is 0 Å². The maximum atomic E-state index is 11.9. The predicted molar refractivity (Wildman–Crippen MR) is 63.5 cm³/mol. The van der Waals surface area contributed by atoms with Crippen molar-refractivity contribution < 1.29 is 20.1 Å². The van der Waals surface area contributed by atoms with Crippen molar-refractivity contribution >= 4 is 12.2 Å². The van der Waals surface area contributed by atoms with Gasteiger partial charge in [-0.05, 0) is 6.07 Å². The molecule has 1 aromatic rings. The van der Waals surface area contributed by atoms with Crippen molar-refractivity contribution in [1.29, 1.82) is 0 Å². The fourth-order valence-corrected chi connectivity index (χ4v) is 2.03. The first kappa shape index (κ1) is 13.4. The topological polar surface area (TPSA) is 96.8 Å². The summed E-state index contributed by atoms with van der Waals surface area (Å²) in [6.07, 6.45) is -3.07. The van der Waals surface area contributed by atoms with E-state index in [4.69, 9.17) is 22.1 Å². The molecule has 1 aliphatic heterocycles. The Kier molecular flexibility index (Phi) is 3.64. The zero-order valence-electron chi connectivity index (χ0n) is 9.63. The molecule has 0 amide bonds. The zero-order chi connectivity index (χ0) is 13.4. The molecule has 2 rings (SSSR count). The molecule has 0 bridgehead atoms. The molecular weight excluding hydrogens is 260 g/mol. The molecule has 1 saturated heterocycles. The van der Waals surface area contributed by atoms with E-state index in [-0.39, 0.29) is 0 Å². The summed E-state index contributed by atoms with van der Waals surface area (Å²) in [6, 6.07) is 1.52. The Bertz CT molecular complexity index is 554. The molecule has 8 heteroatoms. The summed E-state index contributed by atoms with van der Waals surface area (Å²) in [5, 5.41) is 28.4. The van der Waals surface area contributed by atoms with E-state index in [9.17, 15) is 15.0 Å². The zero-order valence-corrected chi connectivity index (χ0v) is 10.4. The van der Waals surface area contributed by atoms with Crippen LogP contribution in [0.15, 0.2) is 17.1 Å². The Labute approximate surface area is 107 Å². The van der Waals surface area contributed by atoms with Gasteiger partial charge in [0, 0.05) is 13.2 Å². The normalized spacial score (nSPS) is 31.8. The van der Waals surface area contributed by atoms with Gasteiger partial charge in [-0.15, -0.1) is 0 Å². The highest BCUT2D eigenvalue weighted by Gasteiger charge is 2.43. The van der Waals surface area contributed by atoms with Crippen LogP contribution in [0.1, 0.15) is 6.23 Å². The average Bonchev–Trinajstić information content (AvgIpc) is 2.64.